The zero-order valence-corrected chi connectivity index (χ0v) is 16.0. The molecule has 0 radical (unpaired) electrons. The van der Waals surface area contributed by atoms with Gasteiger partial charge < -0.3 is 10.2 Å². The van der Waals surface area contributed by atoms with Gasteiger partial charge in [-0.05, 0) is 37.4 Å². The fourth-order valence-corrected chi connectivity index (χ4v) is 3.17. The summed E-state index contributed by atoms with van der Waals surface area (Å²) in [5.74, 6) is 1.24. The highest BCUT2D eigenvalue weighted by Gasteiger charge is 2.27. The molecule has 3 rings (SSSR count). The third kappa shape index (κ3) is 3.85. The molecule has 1 saturated heterocycles. The lowest BCUT2D eigenvalue weighted by molar-refractivity contribution is 0.0731. The number of nitrogens with zero attached hydrogens (tertiary/aromatic N) is 4. The Morgan fingerprint density at radius 3 is 2.72 bits per heavy atom. The van der Waals surface area contributed by atoms with Crippen molar-refractivity contribution >= 4 is 18.3 Å². The van der Waals surface area contributed by atoms with E-state index in [1.165, 1.54) is 5.56 Å². The summed E-state index contributed by atoms with van der Waals surface area (Å²) in [6, 6.07) is 8.35. The highest BCUT2D eigenvalue weighted by molar-refractivity contribution is 5.90. The topological polar surface area (TPSA) is 63.1 Å². The van der Waals surface area contributed by atoms with Crippen molar-refractivity contribution in [2.24, 2.45) is 0 Å². The van der Waals surface area contributed by atoms with Gasteiger partial charge in [-0.25, -0.2) is 9.67 Å². The SMILES string of the molecule is Cc1nc(C(=O)N(C)C2CCNC2)nn1-c1ccccc1C(C)C.Cl. The summed E-state index contributed by atoms with van der Waals surface area (Å²) in [5.41, 5.74) is 2.18. The number of aromatic nitrogens is 3. The molecule has 0 bridgehead atoms. The van der Waals surface area contributed by atoms with Crippen LogP contribution in [0.5, 0.6) is 0 Å². The van der Waals surface area contributed by atoms with Crippen molar-refractivity contribution in [3.05, 3.63) is 41.5 Å². The summed E-state index contributed by atoms with van der Waals surface area (Å²) < 4.78 is 1.78. The second-order valence-electron chi connectivity index (χ2n) is 6.67. The molecular weight excluding hydrogens is 338 g/mol. The third-order valence-electron chi connectivity index (χ3n) is 4.65. The molecule has 0 aliphatic carbocycles. The maximum absolute atomic E-state index is 12.7. The van der Waals surface area contributed by atoms with Crippen LogP contribution in [-0.4, -0.2) is 51.8 Å². The Hall–Kier alpha value is -1.92. The number of likely N-dealkylation sites (N-methyl/N-ethyl adjacent to an activating group) is 1. The number of benzene rings is 1. The highest BCUT2D eigenvalue weighted by Crippen LogP contribution is 2.23. The number of hydrogen-bond donors (Lipinski definition) is 1. The molecule has 7 heteroatoms. The van der Waals surface area contributed by atoms with Crippen molar-refractivity contribution in [2.75, 3.05) is 20.1 Å². The van der Waals surface area contributed by atoms with E-state index in [1.54, 1.807) is 9.58 Å². The van der Waals surface area contributed by atoms with Gasteiger partial charge >= 0.3 is 0 Å². The molecular formula is C18H26ClN5O. The normalized spacial score (nSPS) is 16.8. The Morgan fingerprint density at radius 1 is 1.36 bits per heavy atom. The first-order chi connectivity index (χ1) is 11.5. The number of halogens is 1. The van der Waals surface area contributed by atoms with E-state index in [2.05, 4.69) is 35.3 Å². The Balaban J connectivity index is 0.00000225. The van der Waals surface area contributed by atoms with Crippen LogP contribution in [-0.2, 0) is 0 Å². The lowest BCUT2D eigenvalue weighted by Gasteiger charge is -2.22. The molecule has 0 spiro atoms. The predicted molar refractivity (Wildman–Crippen MR) is 101 cm³/mol. The maximum atomic E-state index is 12.7. The Morgan fingerprint density at radius 2 is 2.08 bits per heavy atom. The quantitative estimate of drug-likeness (QED) is 0.906. The van der Waals surface area contributed by atoms with Gasteiger partial charge in [-0.1, -0.05) is 32.0 Å². The van der Waals surface area contributed by atoms with Crippen LogP contribution in [0.2, 0.25) is 0 Å². The van der Waals surface area contributed by atoms with Crippen LogP contribution in [0.25, 0.3) is 5.69 Å². The van der Waals surface area contributed by atoms with E-state index in [1.807, 2.05) is 32.2 Å². The lowest BCUT2D eigenvalue weighted by Crippen LogP contribution is -2.38. The van der Waals surface area contributed by atoms with Crippen molar-refractivity contribution in [1.82, 2.24) is 25.0 Å². The molecule has 2 aromatic rings. The summed E-state index contributed by atoms with van der Waals surface area (Å²) in [5, 5.41) is 7.79. The van der Waals surface area contributed by atoms with Crippen molar-refractivity contribution in [3.63, 3.8) is 0 Å². The van der Waals surface area contributed by atoms with E-state index < -0.39 is 0 Å². The van der Waals surface area contributed by atoms with E-state index in [0.29, 0.717) is 5.92 Å². The van der Waals surface area contributed by atoms with Crippen molar-refractivity contribution in [2.45, 2.75) is 39.2 Å². The van der Waals surface area contributed by atoms with Gasteiger partial charge in [0.05, 0.1) is 5.69 Å². The molecule has 6 nitrogen and oxygen atoms in total. The van der Waals surface area contributed by atoms with Gasteiger partial charge in [-0.2, -0.15) is 0 Å². The van der Waals surface area contributed by atoms with Crippen LogP contribution in [0.4, 0.5) is 0 Å². The molecule has 25 heavy (non-hydrogen) atoms. The van der Waals surface area contributed by atoms with E-state index in [9.17, 15) is 4.79 Å². The fraction of sp³-hybridized carbons (Fsp3) is 0.500. The number of carbonyl (C=O) groups excluding carboxylic acids is 1. The first-order valence-corrected chi connectivity index (χ1v) is 8.50. The second kappa shape index (κ2) is 7.97. The van der Waals surface area contributed by atoms with Crippen LogP contribution < -0.4 is 5.32 Å². The summed E-state index contributed by atoms with van der Waals surface area (Å²) in [6.07, 6.45) is 0.970. The summed E-state index contributed by atoms with van der Waals surface area (Å²) in [7, 11) is 1.83. The average Bonchev–Trinajstić information content (AvgIpc) is 3.23. The molecule has 1 atom stereocenters. The molecule has 1 unspecified atom stereocenters. The third-order valence-corrected chi connectivity index (χ3v) is 4.65. The van der Waals surface area contributed by atoms with Crippen molar-refractivity contribution < 1.29 is 4.79 Å². The summed E-state index contributed by atoms with van der Waals surface area (Å²) in [6.45, 7) is 7.97. The van der Waals surface area contributed by atoms with Gasteiger partial charge in [0.15, 0.2) is 0 Å². The van der Waals surface area contributed by atoms with E-state index in [0.717, 1.165) is 31.0 Å². The molecule has 1 aliphatic rings. The van der Waals surface area contributed by atoms with Crippen LogP contribution in [0, 0.1) is 6.92 Å². The van der Waals surface area contributed by atoms with Gasteiger partial charge in [0, 0.05) is 19.6 Å². The first kappa shape index (κ1) is 19.4. The molecule has 136 valence electrons. The Kier molecular flexibility index (Phi) is 6.19. The van der Waals surface area contributed by atoms with Crippen molar-refractivity contribution in [3.8, 4) is 5.69 Å². The molecule has 1 N–H and O–H groups in total. The Bertz CT molecular complexity index is 737. The highest BCUT2D eigenvalue weighted by atomic mass is 35.5. The molecule has 0 saturated carbocycles. The van der Waals surface area contributed by atoms with Crippen molar-refractivity contribution in [1.29, 1.82) is 0 Å². The molecule has 1 amide bonds. The smallest absolute Gasteiger partial charge is 0.293 e. The van der Waals surface area contributed by atoms with E-state index in [-0.39, 0.29) is 30.2 Å². The van der Waals surface area contributed by atoms with Gasteiger partial charge in [0.2, 0.25) is 5.82 Å². The van der Waals surface area contributed by atoms with Crippen LogP contribution in [0.1, 0.15) is 48.2 Å². The summed E-state index contributed by atoms with van der Waals surface area (Å²) in [4.78, 5) is 18.9. The zero-order valence-electron chi connectivity index (χ0n) is 15.2. The average molecular weight is 364 g/mol. The maximum Gasteiger partial charge on any atom is 0.293 e. The minimum atomic E-state index is -0.118. The lowest BCUT2D eigenvalue weighted by atomic mass is 10.0. The number of rotatable bonds is 4. The summed E-state index contributed by atoms with van der Waals surface area (Å²) >= 11 is 0. The molecule has 2 heterocycles. The number of para-hydroxylation sites is 1. The Labute approximate surface area is 155 Å². The fourth-order valence-electron chi connectivity index (χ4n) is 3.17. The largest absolute Gasteiger partial charge is 0.335 e. The first-order valence-electron chi connectivity index (χ1n) is 8.50. The van der Waals surface area contributed by atoms with E-state index >= 15 is 0 Å². The number of nitrogens with one attached hydrogen (secondary N) is 1. The molecule has 1 aromatic carbocycles. The van der Waals surface area contributed by atoms with Crippen LogP contribution in [0.15, 0.2) is 24.3 Å². The number of carbonyl (C=O) groups is 1. The standard InChI is InChI=1S/C18H25N5O.ClH/c1-12(2)15-7-5-6-8-16(15)23-13(3)20-17(21-23)18(24)22(4)14-9-10-19-11-14;/h5-8,12,14,19H,9-11H2,1-4H3;1H. The number of aryl methyl sites for hydroxylation is 1. The zero-order chi connectivity index (χ0) is 17.3. The van der Waals surface area contributed by atoms with Crippen LogP contribution in [0.3, 0.4) is 0 Å². The molecule has 1 aromatic heterocycles. The number of hydrogen-bond acceptors (Lipinski definition) is 4. The number of amides is 1. The van der Waals surface area contributed by atoms with E-state index in [4.69, 9.17) is 0 Å². The predicted octanol–water partition coefficient (Wildman–Crippen LogP) is 2.55. The van der Waals surface area contributed by atoms with Gasteiger partial charge in [-0.3, -0.25) is 4.79 Å². The minimum absolute atomic E-state index is 0. The minimum Gasteiger partial charge on any atom is -0.335 e. The monoisotopic (exact) mass is 363 g/mol. The van der Waals surface area contributed by atoms with Crippen LogP contribution >= 0.6 is 12.4 Å². The van der Waals surface area contributed by atoms with Gasteiger partial charge in [0.25, 0.3) is 5.91 Å². The van der Waals surface area contributed by atoms with Gasteiger partial charge in [0.1, 0.15) is 5.82 Å². The molecule has 1 fully saturated rings. The second-order valence-corrected chi connectivity index (χ2v) is 6.67. The van der Waals surface area contributed by atoms with Gasteiger partial charge in [-0.15, -0.1) is 17.5 Å². The molecule has 1 aliphatic heterocycles.